The van der Waals surface area contributed by atoms with E-state index < -0.39 is 0 Å². The summed E-state index contributed by atoms with van der Waals surface area (Å²) < 4.78 is 0. The fourth-order valence-corrected chi connectivity index (χ4v) is 5.43. The Balaban J connectivity index is 1.95. The first kappa shape index (κ1) is 13.7. The van der Waals surface area contributed by atoms with Gasteiger partial charge in [-0.1, -0.05) is 0 Å². The van der Waals surface area contributed by atoms with Crippen molar-refractivity contribution in [1.29, 1.82) is 0 Å². The third-order valence-electron chi connectivity index (χ3n) is 2.85. The summed E-state index contributed by atoms with van der Waals surface area (Å²) in [5.74, 6) is 5.07. The van der Waals surface area contributed by atoms with Gasteiger partial charge < -0.3 is 5.32 Å². The molecule has 2 rings (SSSR count). The number of nitrogens with zero attached hydrogens (tertiary/aromatic N) is 1. The van der Waals surface area contributed by atoms with Gasteiger partial charge in [-0.05, 0) is 20.8 Å². The van der Waals surface area contributed by atoms with E-state index in [2.05, 4.69) is 54.6 Å². The summed E-state index contributed by atoms with van der Waals surface area (Å²) in [6.45, 7) is 6.50. The molecule has 1 fully saturated rings. The second-order valence-electron chi connectivity index (χ2n) is 4.41. The molecule has 1 N–H and O–H groups in total. The molecule has 1 atom stereocenters. The van der Waals surface area contributed by atoms with Gasteiger partial charge in [-0.3, -0.25) is 0 Å². The maximum Gasteiger partial charge on any atom is 0.0900 e. The van der Waals surface area contributed by atoms with Gasteiger partial charge in [0.15, 0.2) is 0 Å². The third kappa shape index (κ3) is 3.88. The summed E-state index contributed by atoms with van der Waals surface area (Å²) in [5, 5.41) is 4.91. The maximum absolute atomic E-state index is 4.64. The van der Waals surface area contributed by atoms with Crippen LogP contribution in [0.25, 0.3) is 0 Å². The Bertz CT molecular complexity index is 357. The minimum Gasteiger partial charge on any atom is -0.304 e. The largest absolute Gasteiger partial charge is 0.304 e. The van der Waals surface area contributed by atoms with Crippen molar-refractivity contribution in [3.8, 4) is 0 Å². The van der Waals surface area contributed by atoms with Crippen molar-refractivity contribution in [1.82, 2.24) is 10.3 Å². The van der Waals surface area contributed by atoms with Crippen LogP contribution in [0, 0.1) is 13.8 Å². The average molecular weight is 289 g/mol. The van der Waals surface area contributed by atoms with Crippen LogP contribution in [0.4, 0.5) is 0 Å². The summed E-state index contributed by atoms with van der Waals surface area (Å²) in [7, 11) is 0. The summed E-state index contributed by atoms with van der Waals surface area (Å²) >= 11 is 5.94. The molecule has 0 spiro atoms. The monoisotopic (exact) mass is 288 g/mol. The van der Waals surface area contributed by atoms with Gasteiger partial charge in [0.25, 0.3) is 0 Å². The van der Waals surface area contributed by atoms with E-state index in [0.717, 1.165) is 0 Å². The summed E-state index contributed by atoms with van der Waals surface area (Å²) in [5.41, 5.74) is 1.24. The lowest BCUT2D eigenvalue weighted by molar-refractivity contribution is 0.507. The smallest absolute Gasteiger partial charge is 0.0900 e. The first-order valence-corrected chi connectivity index (χ1v) is 9.15. The van der Waals surface area contributed by atoms with Crippen LogP contribution in [-0.4, -0.2) is 34.0 Å². The van der Waals surface area contributed by atoms with Crippen LogP contribution in [0.15, 0.2) is 0 Å². The Morgan fingerprint density at radius 1 is 1.24 bits per heavy atom. The van der Waals surface area contributed by atoms with Crippen molar-refractivity contribution < 1.29 is 0 Å². The van der Waals surface area contributed by atoms with E-state index in [0.29, 0.717) is 12.1 Å². The molecular formula is C12H20N2S3. The van der Waals surface area contributed by atoms with Gasteiger partial charge in [-0.25, -0.2) is 4.98 Å². The normalized spacial score (nSPS) is 20.2. The van der Waals surface area contributed by atoms with Crippen LogP contribution in [0.2, 0.25) is 0 Å². The number of aromatic nitrogens is 1. The molecule has 1 saturated heterocycles. The van der Waals surface area contributed by atoms with E-state index in [1.54, 1.807) is 11.3 Å². The van der Waals surface area contributed by atoms with E-state index in [1.165, 1.54) is 38.6 Å². The fourth-order valence-electron chi connectivity index (χ4n) is 2.09. The van der Waals surface area contributed by atoms with E-state index in [9.17, 15) is 0 Å². The van der Waals surface area contributed by atoms with Gasteiger partial charge >= 0.3 is 0 Å². The van der Waals surface area contributed by atoms with Gasteiger partial charge in [-0.15, -0.1) is 11.3 Å². The Morgan fingerprint density at radius 3 is 2.41 bits per heavy atom. The molecule has 5 heteroatoms. The Morgan fingerprint density at radius 2 is 1.88 bits per heavy atom. The van der Waals surface area contributed by atoms with Gasteiger partial charge in [0.05, 0.1) is 10.7 Å². The Kier molecular flexibility index (Phi) is 5.21. The highest BCUT2D eigenvalue weighted by Crippen LogP contribution is 2.24. The molecule has 1 aliphatic rings. The highest BCUT2D eigenvalue weighted by molar-refractivity contribution is 8.03. The summed E-state index contributed by atoms with van der Waals surface area (Å²) in [6, 6.07) is 1.01. The molecule has 0 amide bonds. The van der Waals surface area contributed by atoms with Crippen LogP contribution >= 0.6 is 34.9 Å². The molecule has 96 valence electrons. The van der Waals surface area contributed by atoms with E-state index >= 15 is 0 Å². The zero-order chi connectivity index (χ0) is 12.3. The standard InChI is InChI=1S/C12H20N2S3/c1-8(12-9(2)17-10(3)14-12)13-11-6-15-4-5-16-7-11/h8,11,13H,4-7H2,1-3H3. The first-order chi connectivity index (χ1) is 8.16. The molecular weight excluding hydrogens is 268 g/mol. The summed E-state index contributed by atoms with van der Waals surface area (Å²) in [4.78, 5) is 6.00. The van der Waals surface area contributed by atoms with E-state index in [-0.39, 0.29) is 0 Å². The second-order valence-corrected chi connectivity index (χ2v) is 8.12. The van der Waals surface area contributed by atoms with E-state index in [4.69, 9.17) is 0 Å². The number of nitrogens with one attached hydrogen (secondary N) is 1. The molecule has 17 heavy (non-hydrogen) atoms. The molecule has 1 aromatic rings. The number of thioether (sulfide) groups is 2. The lowest BCUT2D eigenvalue weighted by Gasteiger charge is -2.20. The number of hydrogen-bond acceptors (Lipinski definition) is 5. The Labute approximate surface area is 116 Å². The second kappa shape index (κ2) is 6.45. The van der Waals surface area contributed by atoms with Crippen LogP contribution < -0.4 is 5.32 Å². The molecule has 1 aliphatic heterocycles. The number of hydrogen-bond donors (Lipinski definition) is 1. The molecule has 0 radical (unpaired) electrons. The fraction of sp³-hybridized carbons (Fsp3) is 0.750. The molecule has 1 unspecified atom stereocenters. The molecule has 0 aromatic carbocycles. The van der Waals surface area contributed by atoms with Crippen LogP contribution in [0.1, 0.15) is 28.5 Å². The molecule has 2 nitrogen and oxygen atoms in total. The van der Waals surface area contributed by atoms with Crippen LogP contribution in [0.3, 0.4) is 0 Å². The first-order valence-electron chi connectivity index (χ1n) is 6.02. The maximum atomic E-state index is 4.64. The highest BCUT2D eigenvalue weighted by Gasteiger charge is 2.18. The lowest BCUT2D eigenvalue weighted by Crippen LogP contribution is -2.35. The van der Waals surface area contributed by atoms with Crippen LogP contribution in [0.5, 0.6) is 0 Å². The zero-order valence-corrected chi connectivity index (χ0v) is 13.1. The molecule has 0 bridgehead atoms. The van der Waals surface area contributed by atoms with Crippen LogP contribution in [-0.2, 0) is 0 Å². The van der Waals surface area contributed by atoms with Crippen molar-refractivity contribution in [2.24, 2.45) is 0 Å². The zero-order valence-electron chi connectivity index (χ0n) is 10.7. The number of rotatable bonds is 3. The number of aryl methyl sites for hydroxylation is 2. The number of thiazole rings is 1. The highest BCUT2D eigenvalue weighted by atomic mass is 32.2. The van der Waals surface area contributed by atoms with Crippen molar-refractivity contribution in [3.63, 3.8) is 0 Å². The van der Waals surface area contributed by atoms with Crippen molar-refractivity contribution in [3.05, 3.63) is 15.6 Å². The molecule has 2 heterocycles. The Hall–Kier alpha value is 0.290. The predicted molar refractivity (Wildman–Crippen MR) is 81.6 cm³/mol. The van der Waals surface area contributed by atoms with Crippen molar-refractivity contribution >= 4 is 34.9 Å². The van der Waals surface area contributed by atoms with Gasteiger partial charge in [0, 0.05) is 40.0 Å². The lowest BCUT2D eigenvalue weighted by atomic mass is 10.2. The van der Waals surface area contributed by atoms with Gasteiger partial charge in [-0.2, -0.15) is 23.5 Å². The molecule has 0 aliphatic carbocycles. The molecule has 1 aromatic heterocycles. The predicted octanol–water partition coefficient (Wildman–Crippen LogP) is 3.26. The summed E-state index contributed by atoms with van der Waals surface area (Å²) in [6.07, 6.45) is 0. The third-order valence-corrected chi connectivity index (χ3v) is 6.27. The van der Waals surface area contributed by atoms with Gasteiger partial charge in [0.2, 0.25) is 0 Å². The minimum atomic E-state index is 0.379. The SMILES string of the molecule is Cc1nc(C(C)NC2CSCCSC2)c(C)s1. The quantitative estimate of drug-likeness (QED) is 0.923. The van der Waals surface area contributed by atoms with Crippen molar-refractivity contribution in [2.75, 3.05) is 23.0 Å². The average Bonchev–Trinajstić information content (AvgIpc) is 2.51. The topological polar surface area (TPSA) is 24.9 Å². The van der Waals surface area contributed by atoms with E-state index in [1.807, 2.05) is 0 Å². The van der Waals surface area contributed by atoms with Crippen molar-refractivity contribution in [2.45, 2.75) is 32.9 Å². The van der Waals surface area contributed by atoms with Gasteiger partial charge in [0.1, 0.15) is 0 Å². The molecule has 0 saturated carbocycles. The minimum absolute atomic E-state index is 0.379.